The van der Waals surface area contributed by atoms with Crippen molar-refractivity contribution in [3.63, 3.8) is 0 Å². The van der Waals surface area contributed by atoms with Gasteiger partial charge in [0.15, 0.2) is 0 Å². The number of morpholine rings is 1. The average Bonchev–Trinajstić information content (AvgIpc) is 3.29. The zero-order chi connectivity index (χ0) is 24.4. The van der Waals surface area contributed by atoms with Gasteiger partial charge in [-0.3, -0.25) is 4.72 Å². The van der Waals surface area contributed by atoms with Crippen LogP contribution >= 0.6 is 0 Å². The Morgan fingerprint density at radius 2 is 1.74 bits per heavy atom. The van der Waals surface area contributed by atoms with Crippen molar-refractivity contribution in [1.29, 1.82) is 0 Å². The maximum Gasteiger partial charge on any atom is 0.236 e. The first kappa shape index (κ1) is 23.3. The number of aromatic amines is 1. The van der Waals surface area contributed by atoms with Crippen LogP contribution < -0.4 is 9.62 Å². The van der Waals surface area contributed by atoms with E-state index in [4.69, 9.17) is 4.74 Å². The van der Waals surface area contributed by atoms with Crippen LogP contribution in [-0.2, 0) is 20.5 Å². The molecule has 9 heteroatoms. The number of benzene rings is 2. The second kappa shape index (κ2) is 9.67. The van der Waals surface area contributed by atoms with Gasteiger partial charge in [0.25, 0.3) is 0 Å². The van der Waals surface area contributed by atoms with E-state index < -0.39 is 10.0 Å². The summed E-state index contributed by atoms with van der Waals surface area (Å²) in [6, 6.07) is 17.1. The Labute approximate surface area is 205 Å². The van der Waals surface area contributed by atoms with Gasteiger partial charge in [-0.15, -0.1) is 0 Å². The number of fused-ring (bicyclic) bond motifs is 1. The van der Waals surface area contributed by atoms with Crippen LogP contribution in [0, 0.1) is 0 Å². The number of rotatable bonds is 7. The minimum absolute atomic E-state index is 0.0713. The first-order valence-corrected chi connectivity index (χ1v) is 13.4. The zero-order valence-electron chi connectivity index (χ0n) is 19.9. The second-order valence-electron chi connectivity index (χ2n) is 9.08. The number of sulfonamides is 1. The van der Waals surface area contributed by atoms with Crippen LogP contribution in [0.3, 0.4) is 0 Å². The third-order valence-electron chi connectivity index (χ3n) is 6.19. The number of nitrogens with zero attached hydrogens (tertiary/aromatic N) is 3. The summed E-state index contributed by atoms with van der Waals surface area (Å²) >= 11 is 0. The maximum atomic E-state index is 12.7. The van der Waals surface area contributed by atoms with Gasteiger partial charge in [-0.1, -0.05) is 50.2 Å². The van der Waals surface area contributed by atoms with E-state index in [1.54, 1.807) is 18.5 Å². The highest BCUT2D eigenvalue weighted by Gasteiger charge is 2.18. The van der Waals surface area contributed by atoms with Crippen LogP contribution in [0.25, 0.3) is 22.3 Å². The largest absolute Gasteiger partial charge is 0.378 e. The predicted molar refractivity (Wildman–Crippen MR) is 139 cm³/mol. The third-order valence-corrected chi connectivity index (χ3v) is 7.45. The van der Waals surface area contributed by atoms with Gasteiger partial charge < -0.3 is 14.6 Å². The predicted octanol–water partition coefficient (Wildman–Crippen LogP) is 4.53. The Bertz CT molecular complexity index is 1410. The highest BCUT2D eigenvalue weighted by molar-refractivity contribution is 7.91. The van der Waals surface area contributed by atoms with Crippen LogP contribution in [0.2, 0.25) is 0 Å². The molecule has 8 nitrogen and oxygen atoms in total. The molecule has 1 aliphatic heterocycles. The van der Waals surface area contributed by atoms with Gasteiger partial charge in [0.1, 0.15) is 17.8 Å². The van der Waals surface area contributed by atoms with Crippen LogP contribution in [0.1, 0.15) is 30.9 Å². The molecule has 4 aromatic rings. The molecule has 35 heavy (non-hydrogen) atoms. The Balaban J connectivity index is 1.31. The molecule has 182 valence electrons. The van der Waals surface area contributed by atoms with Crippen molar-refractivity contribution in [2.24, 2.45) is 0 Å². The molecule has 1 aliphatic rings. The van der Waals surface area contributed by atoms with Gasteiger partial charge in [-0.05, 0) is 40.8 Å². The number of nitrogens with one attached hydrogen (secondary N) is 2. The molecule has 0 amide bonds. The number of hydrogen-bond donors (Lipinski definition) is 2. The van der Waals surface area contributed by atoms with E-state index in [-0.39, 0.29) is 5.75 Å². The molecular weight excluding hydrogens is 462 g/mol. The SMILES string of the molecule is CC(C)c1ccc(CS(=O)(=O)Nc2ccc(-c3cc4c(N5CCOCC5)ncnc4[nH]3)cc2)cc1. The minimum atomic E-state index is -3.53. The molecule has 0 unspecified atom stereocenters. The van der Waals surface area contributed by atoms with Crippen molar-refractivity contribution >= 4 is 32.6 Å². The van der Waals surface area contributed by atoms with Gasteiger partial charge in [0, 0.05) is 24.5 Å². The summed E-state index contributed by atoms with van der Waals surface area (Å²) in [6.45, 7) is 7.19. The van der Waals surface area contributed by atoms with Crippen LogP contribution in [0.4, 0.5) is 11.5 Å². The summed E-state index contributed by atoms with van der Waals surface area (Å²) in [5.41, 5.74) is 5.07. The van der Waals surface area contributed by atoms with Gasteiger partial charge in [-0.2, -0.15) is 0 Å². The van der Waals surface area contributed by atoms with Gasteiger partial charge >= 0.3 is 0 Å². The summed E-state index contributed by atoms with van der Waals surface area (Å²) in [7, 11) is -3.53. The van der Waals surface area contributed by atoms with Crippen molar-refractivity contribution in [1.82, 2.24) is 15.0 Å². The Kier molecular flexibility index (Phi) is 6.44. The third kappa shape index (κ3) is 5.31. The lowest BCUT2D eigenvalue weighted by atomic mass is 10.0. The van der Waals surface area contributed by atoms with E-state index in [1.807, 2.05) is 42.5 Å². The van der Waals surface area contributed by atoms with Crippen molar-refractivity contribution in [3.8, 4) is 11.3 Å². The van der Waals surface area contributed by atoms with Crippen molar-refractivity contribution in [2.45, 2.75) is 25.5 Å². The number of hydrogen-bond acceptors (Lipinski definition) is 6. The molecule has 0 radical (unpaired) electrons. The monoisotopic (exact) mass is 491 g/mol. The smallest absolute Gasteiger partial charge is 0.236 e. The van der Waals surface area contributed by atoms with E-state index in [0.717, 1.165) is 46.8 Å². The highest BCUT2D eigenvalue weighted by Crippen LogP contribution is 2.30. The Morgan fingerprint density at radius 3 is 2.43 bits per heavy atom. The molecule has 0 saturated carbocycles. The molecule has 3 heterocycles. The molecule has 5 rings (SSSR count). The molecule has 1 fully saturated rings. The number of H-pyrrole nitrogens is 1. The first-order chi connectivity index (χ1) is 16.9. The minimum Gasteiger partial charge on any atom is -0.378 e. The Hall–Kier alpha value is -3.43. The molecule has 1 saturated heterocycles. The highest BCUT2D eigenvalue weighted by atomic mass is 32.2. The van der Waals surface area contributed by atoms with Crippen molar-refractivity contribution in [3.05, 3.63) is 72.1 Å². The first-order valence-electron chi connectivity index (χ1n) is 11.7. The quantitative estimate of drug-likeness (QED) is 0.394. The number of anilines is 2. The fraction of sp³-hybridized carbons (Fsp3) is 0.308. The average molecular weight is 492 g/mol. The van der Waals surface area contributed by atoms with Gasteiger partial charge in [0.2, 0.25) is 10.0 Å². The van der Waals surface area contributed by atoms with Crippen molar-refractivity contribution < 1.29 is 13.2 Å². The maximum absolute atomic E-state index is 12.7. The van der Waals surface area contributed by atoms with E-state index in [0.29, 0.717) is 24.8 Å². The summed E-state index contributed by atoms with van der Waals surface area (Å²) in [5.74, 6) is 1.23. The molecule has 0 bridgehead atoms. The molecule has 0 atom stereocenters. The molecule has 2 aromatic carbocycles. The van der Waals surface area contributed by atoms with Crippen LogP contribution in [-0.4, -0.2) is 49.7 Å². The van der Waals surface area contributed by atoms with Crippen LogP contribution in [0.5, 0.6) is 0 Å². The number of aromatic nitrogens is 3. The summed E-state index contributed by atoms with van der Waals surface area (Å²) in [5, 5.41) is 0.956. The topological polar surface area (TPSA) is 100 Å². The lowest BCUT2D eigenvalue weighted by Crippen LogP contribution is -2.36. The lowest BCUT2D eigenvalue weighted by molar-refractivity contribution is 0.122. The summed E-state index contributed by atoms with van der Waals surface area (Å²) in [6.07, 6.45) is 1.57. The normalized spacial score (nSPS) is 14.5. The summed E-state index contributed by atoms with van der Waals surface area (Å²) in [4.78, 5) is 14.5. The van der Waals surface area contributed by atoms with E-state index >= 15 is 0 Å². The lowest BCUT2D eigenvalue weighted by Gasteiger charge is -2.27. The standard InChI is InChI=1S/C26H29N5O3S/c1-18(2)20-5-3-19(4-6-20)16-35(32,33)30-22-9-7-21(8-10-22)24-15-23-25(29-24)27-17-28-26(23)31-11-13-34-14-12-31/h3-10,15,17-18,30H,11-14,16H2,1-2H3,(H,27,28,29). The zero-order valence-corrected chi connectivity index (χ0v) is 20.7. The summed E-state index contributed by atoms with van der Waals surface area (Å²) < 4.78 is 33.5. The molecule has 2 N–H and O–H groups in total. The van der Waals surface area contributed by atoms with Gasteiger partial charge in [-0.25, -0.2) is 18.4 Å². The van der Waals surface area contributed by atoms with Gasteiger partial charge in [0.05, 0.1) is 24.4 Å². The molecular formula is C26H29N5O3S. The molecule has 2 aromatic heterocycles. The van der Waals surface area contributed by atoms with Crippen LogP contribution in [0.15, 0.2) is 60.9 Å². The van der Waals surface area contributed by atoms with Crippen molar-refractivity contribution in [2.75, 3.05) is 35.9 Å². The Morgan fingerprint density at radius 1 is 1.03 bits per heavy atom. The van der Waals surface area contributed by atoms with E-state index in [9.17, 15) is 8.42 Å². The fourth-order valence-electron chi connectivity index (χ4n) is 4.26. The molecule has 0 spiro atoms. The van der Waals surface area contributed by atoms with E-state index in [2.05, 4.69) is 38.4 Å². The van der Waals surface area contributed by atoms with E-state index in [1.165, 1.54) is 5.56 Å². The second-order valence-corrected chi connectivity index (χ2v) is 10.8. The fourth-order valence-corrected chi connectivity index (χ4v) is 5.46. The number of ether oxygens (including phenoxy) is 1. The molecule has 0 aliphatic carbocycles.